The summed E-state index contributed by atoms with van der Waals surface area (Å²) in [7, 11) is 0. The summed E-state index contributed by atoms with van der Waals surface area (Å²) in [5.74, 6) is -0.406. The average Bonchev–Trinajstić information content (AvgIpc) is 2.41. The van der Waals surface area contributed by atoms with Gasteiger partial charge in [-0.1, -0.05) is 41.6 Å². The molecule has 0 radical (unpaired) electrons. The standard InChI is InChI=1S/C14H14N2O2/c1-9-7-8-11-5-3-4-6-12(11)13(9)15-14(17)10(2)16-18/h3-8,18H,1-2H3,(H,15,17). The monoisotopic (exact) mass is 242 g/mol. The van der Waals surface area contributed by atoms with Crippen molar-refractivity contribution in [3.63, 3.8) is 0 Å². The number of nitrogens with one attached hydrogen (secondary N) is 1. The molecule has 2 aromatic rings. The number of aryl methyl sites for hydroxylation is 1. The van der Waals surface area contributed by atoms with Crippen molar-refractivity contribution in [2.24, 2.45) is 5.16 Å². The molecule has 0 aromatic heterocycles. The first kappa shape index (κ1) is 12.1. The van der Waals surface area contributed by atoms with Crippen LogP contribution in [-0.2, 0) is 4.79 Å². The zero-order valence-corrected chi connectivity index (χ0v) is 10.3. The van der Waals surface area contributed by atoms with Gasteiger partial charge in [0.2, 0.25) is 0 Å². The second kappa shape index (κ2) is 4.87. The highest BCUT2D eigenvalue weighted by Gasteiger charge is 2.11. The van der Waals surface area contributed by atoms with E-state index < -0.39 is 5.91 Å². The number of hydrogen-bond acceptors (Lipinski definition) is 3. The van der Waals surface area contributed by atoms with Crippen LogP contribution in [0.25, 0.3) is 10.8 Å². The number of oxime groups is 1. The van der Waals surface area contributed by atoms with E-state index in [-0.39, 0.29) is 5.71 Å². The van der Waals surface area contributed by atoms with Crippen LogP contribution in [-0.4, -0.2) is 16.8 Å². The molecule has 0 aliphatic heterocycles. The molecule has 0 atom stereocenters. The van der Waals surface area contributed by atoms with Gasteiger partial charge in [0.1, 0.15) is 5.71 Å². The maximum Gasteiger partial charge on any atom is 0.273 e. The molecule has 1 amide bonds. The number of fused-ring (bicyclic) bond motifs is 1. The number of nitrogens with zero attached hydrogens (tertiary/aromatic N) is 1. The molecule has 0 spiro atoms. The van der Waals surface area contributed by atoms with Crippen molar-refractivity contribution in [2.75, 3.05) is 5.32 Å². The number of anilines is 1. The van der Waals surface area contributed by atoms with Crippen molar-refractivity contribution >= 4 is 28.1 Å². The van der Waals surface area contributed by atoms with Gasteiger partial charge < -0.3 is 10.5 Å². The quantitative estimate of drug-likeness (QED) is 0.483. The molecule has 0 saturated heterocycles. The van der Waals surface area contributed by atoms with Crippen molar-refractivity contribution in [2.45, 2.75) is 13.8 Å². The lowest BCUT2D eigenvalue weighted by Gasteiger charge is -2.11. The minimum absolute atomic E-state index is 0.0299. The van der Waals surface area contributed by atoms with Crippen molar-refractivity contribution < 1.29 is 10.0 Å². The van der Waals surface area contributed by atoms with Crippen molar-refractivity contribution in [3.05, 3.63) is 42.0 Å². The molecular weight excluding hydrogens is 228 g/mol. The summed E-state index contributed by atoms with van der Waals surface area (Å²) >= 11 is 0. The molecule has 18 heavy (non-hydrogen) atoms. The molecule has 0 unspecified atom stereocenters. The Morgan fingerprint density at radius 3 is 2.67 bits per heavy atom. The number of benzene rings is 2. The van der Waals surface area contributed by atoms with Gasteiger partial charge >= 0.3 is 0 Å². The summed E-state index contributed by atoms with van der Waals surface area (Å²) in [6.07, 6.45) is 0. The van der Waals surface area contributed by atoms with Crippen LogP contribution >= 0.6 is 0 Å². The van der Waals surface area contributed by atoms with Gasteiger partial charge in [0.05, 0.1) is 5.69 Å². The molecule has 0 saturated carbocycles. The molecule has 0 aliphatic rings. The Labute approximate surface area is 105 Å². The summed E-state index contributed by atoms with van der Waals surface area (Å²) < 4.78 is 0. The predicted molar refractivity (Wildman–Crippen MR) is 72.2 cm³/mol. The largest absolute Gasteiger partial charge is 0.410 e. The van der Waals surface area contributed by atoms with E-state index in [1.807, 2.05) is 43.3 Å². The van der Waals surface area contributed by atoms with E-state index in [1.165, 1.54) is 6.92 Å². The van der Waals surface area contributed by atoms with E-state index in [2.05, 4.69) is 10.5 Å². The van der Waals surface area contributed by atoms with Crippen molar-refractivity contribution in [3.8, 4) is 0 Å². The summed E-state index contributed by atoms with van der Waals surface area (Å²) in [6, 6.07) is 11.8. The van der Waals surface area contributed by atoms with E-state index in [4.69, 9.17) is 5.21 Å². The van der Waals surface area contributed by atoms with Gasteiger partial charge in [-0.15, -0.1) is 0 Å². The van der Waals surface area contributed by atoms with E-state index in [9.17, 15) is 4.79 Å². The van der Waals surface area contributed by atoms with Gasteiger partial charge in [0, 0.05) is 5.39 Å². The molecule has 0 aliphatic carbocycles. The molecule has 92 valence electrons. The second-order valence-electron chi connectivity index (χ2n) is 4.12. The molecule has 2 rings (SSSR count). The van der Waals surface area contributed by atoms with E-state index in [0.29, 0.717) is 0 Å². The fourth-order valence-electron chi connectivity index (χ4n) is 1.80. The highest BCUT2D eigenvalue weighted by atomic mass is 16.4. The third-order valence-electron chi connectivity index (χ3n) is 2.85. The van der Waals surface area contributed by atoms with Crippen LogP contribution in [0.4, 0.5) is 5.69 Å². The third-order valence-corrected chi connectivity index (χ3v) is 2.85. The molecule has 0 bridgehead atoms. The van der Waals surface area contributed by atoms with E-state index in [1.54, 1.807) is 0 Å². The summed E-state index contributed by atoms with van der Waals surface area (Å²) in [6.45, 7) is 3.38. The normalized spacial score (nSPS) is 11.6. The fraction of sp³-hybridized carbons (Fsp3) is 0.143. The third kappa shape index (κ3) is 2.18. The number of rotatable bonds is 2. The maximum absolute atomic E-state index is 11.7. The second-order valence-corrected chi connectivity index (χ2v) is 4.12. The minimum Gasteiger partial charge on any atom is -0.410 e. The topological polar surface area (TPSA) is 61.7 Å². The Balaban J connectivity index is 2.50. The lowest BCUT2D eigenvalue weighted by Crippen LogP contribution is -2.20. The van der Waals surface area contributed by atoms with Crippen LogP contribution in [0, 0.1) is 6.92 Å². The Kier molecular flexibility index (Phi) is 3.28. The SMILES string of the molecule is CC(=NO)C(=O)Nc1c(C)ccc2ccccc12. The molecule has 4 nitrogen and oxygen atoms in total. The lowest BCUT2D eigenvalue weighted by atomic mass is 10.0. The van der Waals surface area contributed by atoms with E-state index >= 15 is 0 Å². The maximum atomic E-state index is 11.7. The average molecular weight is 242 g/mol. The van der Waals surface area contributed by atoms with Crippen molar-refractivity contribution in [1.82, 2.24) is 0 Å². The van der Waals surface area contributed by atoms with Crippen LogP contribution in [0.3, 0.4) is 0 Å². The highest BCUT2D eigenvalue weighted by Crippen LogP contribution is 2.26. The lowest BCUT2D eigenvalue weighted by molar-refractivity contribution is -0.110. The zero-order chi connectivity index (χ0) is 13.1. The molecular formula is C14H14N2O2. The van der Waals surface area contributed by atoms with Gasteiger partial charge in [-0.25, -0.2) is 0 Å². The number of hydrogen-bond donors (Lipinski definition) is 2. The van der Waals surface area contributed by atoms with E-state index in [0.717, 1.165) is 22.0 Å². The first-order valence-electron chi connectivity index (χ1n) is 5.62. The Morgan fingerprint density at radius 2 is 1.94 bits per heavy atom. The Bertz CT molecular complexity index is 633. The van der Waals surface area contributed by atoms with Gasteiger partial charge in [-0.2, -0.15) is 0 Å². The van der Waals surface area contributed by atoms with Crippen LogP contribution in [0.1, 0.15) is 12.5 Å². The summed E-state index contributed by atoms with van der Waals surface area (Å²) in [4.78, 5) is 11.7. The summed E-state index contributed by atoms with van der Waals surface area (Å²) in [5.41, 5.74) is 1.75. The predicted octanol–water partition coefficient (Wildman–Crippen LogP) is 2.94. The van der Waals surface area contributed by atoms with Crippen LogP contribution in [0.5, 0.6) is 0 Å². The Hall–Kier alpha value is -2.36. The number of carbonyl (C=O) groups excluding carboxylic acids is 1. The van der Waals surface area contributed by atoms with Gasteiger partial charge in [-0.05, 0) is 24.8 Å². The van der Waals surface area contributed by atoms with Crippen LogP contribution in [0.15, 0.2) is 41.6 Å². The summed E-state index contributed by atoms with van der Waals surface area (Å²) in [5, 5.41) is 16.3. The van der Waals surface area contributed by atoms with Gasteiger partial charge in [0.15, 0.2) is 0 Å². The molecule has 0 fully saturated rings. The smallest absolute Gasteiger partial charge is 0.273 e. The molecule has 2 N–H and O–H groups in total. The number of carbonyl (C=O) groups is 1. The minimum atomic E-state index is -0.406. The molecule has 2 aromatic carbocycles. The van der Waals surface area contributed by atoms with Gasteiger partial charge in [0.25, 0.3) is 5.91 Å². The first-order chi connectivity index (χ1) is 8.63. The van der Waals surface area contributed by atoms with Gasteiger partial charge in [-0.3, -0.25) is 4.79 Å². The zero-order valence-electron chi connectivity index (χ0n) is 10.3. The first-order valence-corrected chi connectivity index (χ1v) is 5.62. The van der Waals surface area contributed by atoms with Crippen LogP contribution < -0.4 is 5.32 Å². The van der Waals surface area contributed by atoms with Crippen LogP contribution in [0.2, 0.25) is 0 Å². The Morgan fingerprint density at radius 1 is 1.22 bits per heavy atom. The molecule has 0 heterocycles. The highest BCUT2D eigenvalue weighted by molar-refractivity contribution is 6.42. The molecule has 4 heteroatoms. The fourth-order valence-corrected chi connectivity index (χ4v) is 1.80. The van der Waals surface area contributed by atoms with Crippen molar-refractivity contribution in [1.29, 1.82) is 0 Å². The number of amides is 1.